The fourth-order valence-electron chi connectivity index (χ4n) is 4.25. The summed E-state index contributed by atoms with van der Waals surface area (Å²) in [6.45, 7) is 8.73. The Bertz CT molecular complexity index is 981. The molecule has 0 aliphatic carbocycles. The van der Waals surface area contributed by atoms with Crippen LogP contribution in [-0.2, 0) is 33.9 Å². The molecular weight excluding hydrogens is 448 g/mol. The molecule has 2 atom stereocenters. The average Bonchev–Trinajstić information content (AvgIpc) is 3.20. The van der Waals surface area contributed by atoms with Gasteiger partial charge >= 0.3 is 11.9 Å². The van der Waals surface area contributed by atoms with Crippen molar-refractivity contribution in [3.05, 3.63) is 28.8 Å². The van der Waals surface area contributed by atoms with E-state index in [1.54, 1.807) is 26.0 Å². The van der Waals surface area contributed by atoms with Crippen molar-refractivity contribution < 1.29 is 32.3 Å². The molecule has 1 aromatic rings. The molecule has 1 fully saturated rings. The first kappa shape index (κ1) is 26.8. The van der Waals surface area contributed by atoms with Crippen LogP contribution in [0.4, 0.5) is 0 Å². The van der Waals surface area contributed by atoms with Crippen molar-refractivity contribution in [2.75, 3.05) is 20.3 Å². The van der Waals surface area contributed by atoms with E-state index < -0.39 is 46.6 Å². The fourth-order valence-corrected chi connectivity index (χ4v) is 6.31. The van der Waals surface area contributed by atoms with Crippen molar-refractivity contribution >= 4 is 27.9 Å². The van der Waals surface area contributed by atoms with Gasteiger partial charge in [-0.1, -0.05) is 31.5 Å². The molecule has 184 valence electrons. The second-order valence-electron chi connectivity index (χ2n) is 8.88. The molecule has 1 saturated heterocycles. The Morgan fingerprint density at radius 1 is 1.15 bits per heavy atom. The molecule has 0 radical (unpaired) electrons. The van der Waals surface area contributed by atoms with Crippen molar-refractivity contribution in [3.63, 3.8) is 0 Å². The third-order valence-electron chi connectivity index (χ3n) is 5.52. The number of nitrogens with zero attached hydrogens (tertiary/aromatic N) is 1. The number of sulfonamides is 1. The Morgan fingerprint density at radius 3 is 2.30 bits per heavy atom. The van der Waals surface area contributed by atoms with E-state index in [9.17, 15) is 22.8 Å². The molecule has 0 aromatic heterocycles. The second kappa shape index (κ2) is 11.1. The standard InChI is InChI=1S/C23H34N2O7S/c1-14(2)10-18(22(27)31-6)24-20(26)13-32-23(28)19-8-7-9-25(19)33(29,30)21-16(4)11-15(3)12-17(21)5/h11-12,14,18-19H,7-10,13H2,1-6H3,(H,24,26). The molecule has 33 heavy (non-hydrogen) atoms. The van der Waals surface area contributed by atoms with Crippen LogP contribution in [0.15, 0.2) is 17.0 Å². The van der Waals surface area contributed by atoms with Crippen molar-refractivity contribution in [2.45, 2.75) is 70.9 Å². The molecule has 1 aliphatic heterocycles. The van der Waals surface area contributed by atoms with Crippen LogP contribution in [0.2, 0.25) is 0 Å². The number of carbonyl (C=O) groups is 3. The molecule has 1 N–H and O–H groups in total. The van der Waals surface area contributed by atoms with Gasteiger partial charge in [-0.15, -0.1) is 0 Å². The largest absolute Gasteiger partial charge is 0.467 e. The van der Waals surface area contributed by atoms with Gasteiger partial charge in [0.1, 0.15) is 12.1 Å². The number of rotatable bonds is 9. The maximum atomic E-state index is 13.4. The zero-order valence-corrected chi connectivity index (χ0v) is 21.0. The van der Waals surface area contributed by atoms with Gasteiger partial charge in [0.15, 0.2) is 6.61 Å². The first-order valence-corrected chi connectivity index (χ1v) is 12.5. The van der Waals surface area contributed by atoms with E-state index in [-0.39, 0.29) is 17.4 Å². The van der Waals surface area contributed by atoms with Gasteiger partial charge in [-0.2, -0.15) is 4.31 Å². The lowest BCUT2D eigenvalue weighted by Gasteiger charge is -2.25. The summed E-state index contributed by atoms with van der Waals surface area (Å²) in [7, 11) is -2.70. The van der Waals surface area contributed by atoms with Gasteiger partial charge in [0.2, 0.25) is 10.0 Å². The van der Waals surface area contributed by atoms with Gasteiger partial charge in [-0.25, -0.2) is 13.2 Å². The predicted octanol–water partition coefficient (Wildman–Crippen LogP) is 2.01. The molecule has 1 heterocycles. The van der Waals surface area contributed by atoms with Crippen LogP contribution in [0.3, 0.4) is 0 Å². The summed E-state index contributed by atoms with van der Waals surface area (Å²) in [6, 6.07) is 1.73. The topological polar surface area (TPSA) is 119 Å². The smallest absolute Gasteiger partial charge is 0.328 e. The normalized spacial score (nSPS) is 17.6. The molecule has 10 heteroatoms. The van der Waals surface area contributed by atoms with E-state index in [0.29, 0.717) is 30.4 Å². The Labute approximate surface area is 195 Å². The summed E-state index contributed by atoms with van der Waals surface area (Å²) in [4.78, 5) is 37.1. The molecular formula is C23H34N2O7S. The molecule has 0 saturated carbocycles. The maximum Gasteiger partial charge on any atom is 0.328 e. The van der Waals surface area contributed by atoms with E-state index in [0.717, 1.165) is 9.87 Å². The number of methoxy groups -OCH3 is 1. The Hall–Kier alpha value is -2.46. The monoisotopic (exact) mass is 482 g/mol. The van der Waals surface area contributed by atoms with E-state index >= 15 is 0 Å². The summed E-state index contributed by atoms with van der Waals surface area (Å²) in [5.41, 5.74) is 2.19. The third-order valence-corrected chi connectivity index (χ3v) is 7.74. The van der Waals surface area contributed by atoms with Crippen LogP contribution in [0.1, 0.15) is 49.8 Å². The van der Waals surface area contributed by atoms with Gasteiger partial charge in [-0.05, 0) is 57.1 Å². The number of ether oxygens (including phenoxy) is 2. The Balaban J connectivity index is 2.09. The summed E-state index contributed by atoms with van der Waals surface area (Å²) in [6.07, 6.45) is 1.19. The van der Waals surface area contributed by atoms with Crippen molar-refractivity contribution in [2.24, 2.45) is 5.92 Å². The number of esters is 2. The summed E-state index contributed by atoms with van der Waals surface area (Å²) < 4.78 is 37.8. The zero-order chi connectivity index (χ0) is 24.9. The molecule has 2 rings (SSSR count). The Morgan fingerprint density at radius 2 is 1.76 bits per heavy atom. The van der Waals surface area contributed by atoms with Crippen LogP contribution in [0.5, 0.6) is 0 Å². The quantitative estimate of drug-likeness (QED) is 0.535. The van der Waals surface area contributed by atoms with Crippen LogP contribution in [-0.4, -0.2) is 62.9 Å². The highest BCUT2D eigenvalue weighted by Crippen LogP contribution is 2.31. The van der Waals surface area contributed by atoms with Crippen LogP contribution in [0.25, 0.3) is 0 Å². The van der Waals surface area contributed by atoms with Gasteiger partial charge < -0.3 is 14.8 Å². The molecule has 1 amide bonds. The van der Waals surface area contributed by atoms with Gasteiger partial charge in [-0.3, -0.25) is 9.59 Å². The average molecular weight is 483 g/mol. The highest BCUT2D eigenvalue weighted by atomic mass is 32.2. The number of nitrogens with one attached hydrogen (secondary N) is 1. The minimum Gasteiger partial charge on any atom is -0.467 e. The lowest BCUT2D eigenvalue weighted by molar-refractivity contribution is -0.152. The summed E-state index contributed by atoms with van der Waals surface area (Å²) in [5, 5.41) is 2.51. The van der Waals surface area contributed by atoms with Crippen molar-refractivity contribution in [3.8, 4) is 0 Å². The molecule has 9 nitrogen and oxygen atoms in total. The van der Waals surface area contributed by atoms with Gasteiger partial charge in [0.05, 0.1) is 12.0 Å². The van der Waals surface area contributed by atoms with Crippen LogP contribution in [0, 0.1) is 26.7 Å². The number of aryl methyl sites for hydroxylation is 3. The Kier molecular flexibility index (Phi) is 9.02. The van der Waals surface area contributed by atoms with Gasteiger partial charge in [0, 0.05) is 6.54 Å². The maximum absolute atomic E-state index is 13.4. The molecule has 0 bridgehead atoms. The summed E-state index contributed by atoms with van der Waals surface area (Å²) >= 11 is 0. The highest BCUT2D eigenvalue weighted by molar-refractivity contribution is 7.89. The van der Waals surface area contributed by atoms with Crippen LogP contribution >= 0.6 is 0 Å². The summed E-state index contributed by atoms with van der Waals surface area (Å²) in [5.74, 6) is -1.90. The molecule has 1 aromatic carbocycles. The van der Waals surface area contributed by atoms with Crippen molar-refractivity contribution in [1.82, 2.24) is 9.62 Å². The predicted molar refractivity (Wildman–Crippen MR) is 122 cm³/mol. The number of hydrogen-bond acceptors (Lipinski definition) is 7. The zero-order valence-electron chi connectivity index (χ0n) is 20.1. The lowest BCUT2D eigenvalue weighted by Crippen LogP contribution is -2.45. The minimum absolute atomic E-state index is 0.128. The number of benzene rings is 1. The number of hydrogen-bond donors (Lipinski definition) is 1. The van der Waals surface area contributed by atoms with E-state index in [4.69, 9.17) is 9.47 Å². The molecule has 0 spiro atoms. The van der Waals surface area contributed by atoms with Crippen molar-refractivity contribution in [1.29, 1.82) is 0 Å². The minimum atomic E-state index is -3.93. The van der Waals surface area contributed by atoms with E-state index in [1.165, 1.54) is 7.11 Å². The molecule has 1 aliphatic rings. The molecule has 2 unspecified atom stereocenters. The third kappa shape index (κ3) is 6.54. The highest BCUT2D eigenvalue weighted by Gasteiger charge is 2.41. The lowest BCUT2D eigenvalue weighted by atomic mass is 10.0. The van der Waals surface area contributed by atoms with E-state index in [2.05, 4.69) is 5.32 Å². The number of carbonyl (C=O) groups excluding carboxylic acids is 3. The number of amides is 1. The van der Waals surface area contributed by atoms with E-state index in [1.807, 2.05) is 20.8 Å². The SMILES string of the molecule is COC(=O)C(CC(C)C)NC(=O)COC(=O)C1CCCN1S(=O)(=O)c1c(C)cc(C)cc1C. The van der Waals surface area contributed by atoms with Crippen LogP contribution < -0.4 is 5.32 Å². The second-order valence-corrected chi connectivity index (χ2v) is 10.7. The fraction of sp³-hybridized carbons (Fsp3) is 0.609. The van der Waals surface area contributed by atoms with Gasteiger partial charge in [0.25, 0.3) is 5.91 Å². The first-order valence-electron chi connectivity index (χ1n) is 11.0. The first-order chi connectivity index (χ1) is 15.4.